The van der Waals surface area contributed by atoms with Gasteiger partial charge >= 0.3 is 0 Å². The zero-order valence-corrected chi connectivity index (χ0v) is 17.3. The number of benzene rings is 2. The molecule has 4 rings (SSSR count). The predicted molar refractivity (Wildman–Crippen MR) is 118 cm³/mol. The van der Waals surface area contributed by atoms with Gasteiger partial charge in [-0.1, -0.05) is 24.3 Å². The molecule has 0 aliphatic carbocycles. The third kappa shape index (κ3) is 3.38. The van der Waals surface area contributed by atoms with Gasteiger partial charge in [-0.2, -0.15) is 0 Å². The summed E-state index contributed by atoms with van der Waals surface area (Å²) in [6, 6.07) is 18.9. The van der Waals surface area contributed by atoms with Crippen LogP contribution in [0.1, 0.15) is 28.4 Å². The lowest BCUT2D eigenvalue weighted by molar-refractivity contribution is 0.293. The van der Waals surface area contributed by atoms with Crippen LogP contribution < -0.4 is 10.1 Å². The molecule has 0 radical (unpaired) electrons. The van der Waals surface area contributed by atoms with Crippen molar-refractivity contribution in [3.8, 4) is 5.75 Å². The summed E-state index contributed by atoms with van der Waals surface area (Å²) in [5, 5.41) is 4.24. The van der Waals surface area contributed by atoms with E-state index in [1.807, 2.05) is 12.1 Å². The molecule has 1 aliphatic rings. The summed E-state index contributed by atoms with van der Waals surface area (Å²) in [6.07, 6.45) is 2.14. The number of fused-ring (bicyclic) bond motifs is 1. The first-order chi connectivity index (χ1) is 13.6. The average Bonchev–Trinajstić information content (AvgIpc) is 3.19. The van der Waals surface area contributed by atoms with Crippen molar-refractivity contribution < 1.29 is 4.74 Å². The fourth-order valence-corrected chi connectivity index (χ4v) is 4.12. The summed E-state index contributed by atoms with van der Waals surface area (Å²) in [4.78, 5) is 2.29. The molecule has 1 N–H and O–H groups in total. The molecule has 0 fully saturated rings. The van der Waals surface area contributed by atoms with Crippen LogP contribution in [0.5, 0.6) is 5.75 Å². The number of aromatic nitrogens is 1. The topological polar surface area (TPSA) is 29.4 Å². The van der Waals surface area contributed by atoms with Gasteiger partial charge in [0, 0.05) is 30.7 Å². The van der Waals surface area contributed by atoms with Gasteiger partial charge in [-0.15, -0.1) is 0 Å². The van der Waals surface area contributed by atoms with Crippen molar-refractivity contribution in [2.75, 3.05) is 19.0 Å². The van der Waals surface area contributed by atoms with Crippen LogP contribution in [0.4, 0.5) is 5.69 Å². The van der Waals surface area contributed by atoms with Crippen LogP contribution >= 0.6 is 12.2 Å². The largest absolute Gasteiger partial charge is 0.497 e. The van der Waals surface area contributed by atoms with Gasteiger partial charge in [0.15, 0.2) is 5.11 Å². The summed E-state index contributed by atoms with van der Waals surface area (Å²) >= 11 is 5.87. The van der Waals surface area contributed by atoms with E-state index < -0.39 is 0 Å². The van der Waals surface area contributed by atoms with Crippen molar-refractivity contribution in [1.29, 1.82) is 0 Å². The van der Waals surface area contributed by atoms with Crippen molar-refractivity contribution in [2.24, 2.45) is 0 Å². The highest BCUT2D eigenvalue weighted by molar-refractivity contribution is 7.80. The zero-order valence-electron chi connectivity index (χ0n) is 16.5. The molecule has 28 heavy (non-hydrogen) atoms. The van der Waals surface area contributed by atoms with Gasteiger partial charge in [-0.3, -0.25) is 0 Å². The van der Waals surface area contributed by atoms with E-state index in [0.717, 1.165) is 29.6 Å². The summed E-state index contributed by atoms with van der Waals surface area (Å²) in [6.45, 7) is 6.03. The van der Waals surface area contributed by atoms with E-state index in [0.29, 0.717) is 0 Å². The van der Waals surface area contributed by atoms with Crippen LogP contribution in [0.2, 0.25) is 0 Å². The first-order valence-electron chi connectivity index (χ1n) is 9.51. The second-order valence-electron chi connectivity index (χ2n) is 7.17. The molecular formula is C23H25N3OS. The molecular weight excluding hydrogens is 366 g/mol. The minimum atomic E-state index is 0.0692. The maximum Gasteiger partial charge on any atom is 0.174 e. The fraction of sp³-hybridized carbons (Fsp3) is 0.261. The second kappa shape index (κ2) is 7.68. The number of nitrogens with zero attached hydrogens (tertiary/aromatic N) is 2. The van der Waals surface area contributed by atoms with Gasteiger partial charge in [-0.25, -0.2) is 0 Å². The lowest BCUT2D eigenvalue weighted by atomic mass is 10.00. The Kier molecular flexibility index (Phi) is 5.09. The van der Waals surface area contributed by atoms with Crippen LogP contribution in [-0.2, 0) is 6.54 Å². The van der Waals surface area contributed by atoms with Crippen molar-refractivity contribution in [3.63, 3.8) is 0 Å². The average molecular weight is 392 g/mol. The minimum absolute atomic E-state index is 0.0692. The van der Waals surface area contributed by atoms with E-state index in [-0.39, 0.29) is 6.04 Å². The Bertz CT molecular complexity index is 993. The molecule has 0 spiro atoms. The van der Waals surface area contributed by atoms with Crippen LogP contribution in [0.25, 0.3) is 0 Å². The van der Waals surface area contributed by atoms with Gasteiger partial charge in [-0.05, 0) is 73.1 Å². The smallest absolute Gasteiger partial charge is 0.174 e. The van der Waals surface area contributed by atoms with Gasteiger partial charge in [0.1, 0.15) is 5.75 Å². The molecule has 4 nitrogen and oxygen atoms in total. The molecule has 1 atom stereocenters. The number of rotatable bonds is 3. The molecule has 144 valence electrons. The monoisotopic (exact) mass is 391 g/mol. The standard InChI is InChI=1S/C23H25N3OS/c1-16-6-4-7-20(17(16)2)24-23(28)26-15-14-25-13-5-8-21(25)22(26)18-9-11-19(27-3)12-10-18/h4-13,22H,14-15H2,1-3H3,(H,24,28)/t22-/m0/s1. The number of anilines is 1. The highest BCUT2D eigenvalue weighted by Crippen LogP contribution is 2.34. The summed E-state index contributed by atoms with van der Waals surface area (Å²) in [7, 11) is 1.69. The third-order valence-electron chi connectivity index (χ3n) is 5.58. The van der Waals surface area contributed by atoms with Gasteiger partial charge < -0.3 is 19.5 Å². The molecule has 0 unspecified atom stereocenters. The number of methoxy groups -OCH3 is 1. The molecule has 0 saturated carbocycles. The fourth-order valence-electron chi connectivity index (χ4n) is 3.81. The van der Waals surface area contributed by atoms with E-state index in [4.69, 9.17) is 17.0 Å². The highest BCUT2D eigenvalue weighted by atomic mass is 32.1. The molecule has 0 saturated heterocycles. The Hall–Kier alpha value is -2.79. The quantitative estimate of drug-likeness (QED) is 0.642. The summed E-state index contributed by atoms with van der Waals surface area (Å²) in [5.74, 6) is 0.859. The minimum Gasteiger partial charge on any atom is -0.497 e. The van der Waals surface area contributed by atoms with E-state index in [1.54, 1.807) is 7.11 Å². The van der Waals surface area contributed by atoms with Crippen LogP contribution in [0.3, 0.4) is 0 Å². The number of hydrogen-bond donors (Lipinski definition) is 1. The van der Waals surface area contributed by atoms with Crippen molar-refractivity contribution >= 4 is 23.0 Å². The van der Waals surface area contributed by atoms with Gasteiger partial charge in [0.05, 0.1) is 13.2 Å². The number of ether oxygens (including phenoxy) is 1. The first-order valence-corrected chi connectivity index (χ1v) is 9.92. The molecule has 2 heterocycles. The number of nitrogens with one attached hydrogen (secondary N) is 1. The Morgan fingerprint density at radius 3 is 2.57 bits per heavy atom. The molecule has 5 heteroatoms. The molecule has 1 aliphatic heterocycles. The first kappa shape index (κ1) is 18.6. The Labute approximate surface area is 171 Å². The highest BCUT2D eigenvalue weighted by Gasteiger charge is 2.30. The summed E-state index contributed by atoms with van der Waals surface area (Å²) in [5.41, 5.74) is 6.00. The Morgan fingerprint density at radius 1 is 1.04 bits per heavy atom. The molecule has 1 aromatic heterocycles. The molecule has 0 amide bonds. The van der Waals surface area contributed by atoms with E-state index in [2.05, 4.69) is 77.3 Å². The van der Waals surface area contributed by atoms with Crippen LogP contribution in [0, 0.1) is 13.8 Å². The van der Waals surface area contributed by atoms with E-state index in [9.17, 15) is 0 Å². The van der Waals surface area contributed by atoms with Crippen LogP contribution in [-0.4, -0.2) is 28.2 Å². The van der Waals surface area contributed by atoms with Crippen molar-refractivity contribution in [3.05, 3.63) is 83.2 Å². The third-order valence-corrected chi connectivity index (χ3v) is 5.91. The Morgan fingerprint density at radius 2 is 1.82 bits per heavy atom. The summed E-state index contributed by atoms with van der Waals surface area (Å²) < 4.78 is 7.64. The van der Waals surface area contributed by atoms with Crippen molar-refractivity contribution in [2.45, 2.75) is 26.4 Å². The molecule has 0 bridgehead atoms. The molecule has 3 aromatic rings. The number of hydrogen-bond acceptors (Lipinski definition) is 2. The SMILES string of the molecule is COc1ccc([C@H]2c3cccn3CCN2C(=S)Nc2cccc(C)c2C)cc1. The maximum atomic E-state index is 5.87. The van der Waals surface area contributed by atoms with Gasteiger partial charge in [0.25, 0.3) is 0 Å². The van der Waals surface area contributed by atoms with E-state index in [1.165, 1.54) is 22.4 Å². The Balaban J connectivity index is 1.68. The second-order valence-corrected chi connectivity index (χ2v) is 7.56. The number of thiocarbonyl (C=S) groups is 1. The number of aryl methyl sites for hydroxylation is 1. The van der Waals surface area contributed by atoms with Gasteiger partial charge in [0.2, 0.25) is 0 Å². The zero-order chi connectivity index (χ0) is 19.7. The normalized spacial score (nSPS) is 15.8. The molecule has 2 aromatic carbocycles. The maximum absolute atomic E-state index is 5.87. The lowest BCUT2D eigenvalue weighted by Gasteiger charge is -2.39. The van der Waals surface area contributed by atoms with Crippen molar-refractivity contribution in [1.82, 2.24) is 9.47 Å². The van der Waals surface area contributed by atoms with E-state index >= 15 is 0 Å². The predicted octanol–water partition coefficient (Wildman–Crippen LogP) is 4.92. The van der Waals surface area contributed by atoms with Crippen LogP contribution in [0.15, 0.2) is 60.8 Å². The lowest BCUT2D eigenvalue weighted by Crippen LogP contribution is -2.44.